The Morgan fingerprint density at radius 2 is 1.71 bits per heavy atom. The van der Waals surface area contributed by atoms with Crippen LogP contribution < -0.4 is 10.1 Å². The van der Waals surface area contributed by atoms with Gasteiger partial charge >= 0.3 is 0 Å². The first kappa shape index (κ1) is 17.7. The topological polar surface area (TPSA) is 55.4 Å². The van der Waals surface area contributed by atoms with Crippen LogP contribution in [0.15, 0.2) is 54.6 Å². The predicted octanol–water partition coefficient (Wildman–Crippen LogP) is 3.93. The van der Waals surface area contributed by atoms with E-state index in [1.807, 2.05) is 37.3 Å². The molecule has 1 atom stereocenters. The molecule has 0 unspecified atom stereocenters. The van der Waals surface area contributed by atoms with E-state index in [9.17, 15) is 9.59 Å². The maximum Gasteiger partial charge on any atom is 0.220 e. The number of carbonyl (C=O) groups is 2. The lowest BCUT2D eigenvalue weighted by Gasteiger charge is -2.14. The first-order valence-electron chi connectivity index (χ1n) is 8.14. The first-order chi connectivity index (χ1) is 11.6. The van der Waals surface area contributed by atoms with Gasteiger partial charge in [-0.1, -0.05) is 30.3 Å². The molecule has 0 aliphatic heterocycles. The lowest BCUT2D eigenvalue weighted by molar-refractivity contribution is -0.121. The van der Waals surface area contributed by atoms with E-state index < -0.39 is 0 Å². The fourth-order valence-corrected chi connectivity index (χ4v) is 2.35. The Hall–Kier alpha value is -2.62. The molecule has 0 spiro atoms. The number of nitrogens with one attached hydrogen (secondary N) is 1. The number of hydrogen-bond acceptors (Lipinski definition) is 3. The Morgan fingerprint density at radius 1 is 1.04 bits per heavy atom. The summed E-state index contributed by atoms with van der Waals surface area (Å²) in [6.45, 7) is 3.97. The lowest BCUT2D eigenvalue weighted by atomic mass is 10.1. The highest BCUT2D eigenvalue weighted by Gasteiger charge is 2.08. The lowest BCUT2D eigenvalue weighted by Crippen LogP contribution is -2.26. The fourth-order valence-electron chi connectivity index (χ4n) is 2.35. The smallest absolute Gasteiger partial charge is 0.220 e. The molecule has 0 fully saturated rings. The van der Waals surface area contributed by atoms with Gasteiger partial charge in [0.15, 0.2) is 5.78 Å². The molecule has 1 N–H and O–H groups in total. The third-order valence-corrected chi connectivity index (χ3v) is 3.75. The van der Waals surface area contributed by atoms with E-state index in [0.29, 0.717) is 30.8 Å². The van der Waals surface area contributed by atoms with Crippen molar-refractivity contribution < 1.29 is 14.3 Å². The summed E-state index contributed by atoms with van der Waals surface area (Å²) in [6.07, 6.45) is 1.06. The Kier molecular flexibility index (Phi) is 6.55. The molecule has 0 radical (unpaired) electrons. The van der Waals surface area contributed by atoms with Crippen molar-refractivity contribution in [3.05, 3.63) is 65.7 Å². The van der Waals surface area contributed by atoms with Crippen LogP contribution in [0.2, 0.25) is 0 Å². The molecule has 0 aliphatic carbocycles. The zero-order chi connectivity index (χ0) is 17.4. The van der Waals surface area contributed by atoms with Crippen molar-refractivity contribution in [2.75, 3.05) is 6.61 Å². The molecule has 0 heterocycles. The van der Waals surface area contributed by atoms with Crippen LogP contribution in [0.4, 0.5) is 0 Å². The normalized spacial score (nSPS) is 11.6. The van der Waals surface area contributed by atoms with Crippen LogP contribution in [0.1, 0.15) is 48.7 Å². The second kappa shape index (κ2) is 8.87. The van der Waals surface area contributed by atoms with Gasteiger partial charge in [0.05, 0.1) is 12.6 Å². The SMILES string of the molecule is CC(=O)c1ccc(OCCCC(=O)N[C@H](C)c2ccccc2)cc1. The number of ketones is 1. The summed E-state index contributed by atoms with van der Waals surface area (Å²) in [7, 11) is 0. The highest BCUT2D eigenvalue weighted by molar-refractivity contribution is 5.94. The van der Waals surface area contributed by atoms with Gasteiger partial charge in [-0.3, -0.25) is 9.59 Å². The molecular formula is C20H23NO3. The highest BCUT2D eigenvalue weighted by atomic mass is 16.5. The molecule has 126 valence electrons. The summed E-state index contributed by atoms with van der Waals surface area (Å²) in [5.74, 6) is 0.755. The molecule has 1 amide bonds. The Bertz CT molecular complexity index is 665. The van der Waals surface area contributed by atoms with Gasteiger partial charge in [0.25, 0.3) is 0 Å². The van der Waals surface area contributed by atoms with Gasteiger partial charge in [-0.25, -0.2) is 0 Å². The van der Waals surface area contributed by atoms with Crippen LogP contribution in [-0.4, -0.2) is 18.3 Å². The maximum atomic E-state index is 12.0. The van der Waals surface area contributed by atoms with Crippen LogP contribution >= 0.6 is 0 Å². The zero-order valence-electron chi connectivity index (χ0n) is 14.1. The van der Waals surface area contributed by atoms with Gasteiger partial charge in [-0.2, -0.15) is 0 Å². The van der Waals surface area contributed by atoms with Gasteiger partial charge in [0, 0.05) is 12.0 Å². The summed E-state index contributed by atoms with van der Waals surface area (Å²) in [4.78, 5) is 23.2. The van der Waals surface area contributed by atoms with Crippen LogP contribution in [-0.2, 0) is 4.79 Å². The summed E-state index contributed by atoms with van der Waals surface area (Å²) in [6, 6.07) is 16.9. The van der Waals surface area contributed by atoms with Crippen LogP contribution in [0.3, 0.4) is 0 Å². The molecule has 2 aromatic rings. The third kappa shape index (κ3) is 5.54. The number of benzene rings is 2. The van der Waals surface area contributed by atoms with Gasteiger partial charge in [-0.15, -0.1) is 0 Å². The summed E-state index contributed by atoms with van der Waals surface area (Å²) < 4.78 is 5.59. The van der Waals surface area contributed by atoms with Crippen molar-refractivity contribution >= 4 is 11.7 Å². The van der Waals surface area contributed by atoms with Crippen LogP contribution in [0, 0.1) is 0 Å². The average Bonchev–Trinajstić information content (AvgIpc) is 2.60. The van der Waals surface area contributed by atoms with Crippen molar-refractivity contribution in [3.8, 4) is 5.75 Å². The maximum absolute atomic E-state index is 12.0. The molecular weight excluding hydrogens is 302 g/mol. The summed E-state index contributed by atoms with van der Waals surface area (Å²) in [5, 5.41) is 2.98. The number of hydrogen-bond donors (Lipinski definition) is 1. The molecule has 0 aromatic heterocycles. The minimum atomic E-state index is -0.00116. The van der Waals surface area contributed by atoms with E-state index in [2.05, 4.69) is 5.32 Å². The standard InChI is InChI=1S/C20H23NO3/c1-15(17-7-4-3-5-8-17)21-20(23)9-6-14-24-19-12-10-18(11-13-19)16(2)22/h3-5,7-8,10-13,15H,6,9,14H2,1-2H3,(H,21,23)/t15-/m1/s1. The van der Waals surface area contributed by atoms with Crippen LogP contribution in [0.5, 0.6) is 5.75 Å². The number of carbonyl (C=O) groups excluding carboxylic acids is 2. The van der Waals surface area contributed by atoms with Crippen molar-refractivity contribution in [2.45, 2.75) is 32.7 Å². The molecule has 0 aliphatic rings. The first-order valence-corrected chi connectivity index (χ1v) is 8.14. The van der Waals surface area contributed by atoms with Crippen molar-refractivity contribution in [1.29, 1.82) is 0 Å². The van der Waals surface area contributed by atoms with E-state index in [-0.39, 0.29) is 17.7 Å². The zero-order valence-corrected chi connectivity index (χ0v) is 14.1. The number of Topliss-reactive ketones (excluding diaryl/α,β-unsaturated/α-hetero) is 1. The molecule has 2 aromatic carbocycles. The van der Waals surface area contributed by atoms with Gasteiger partial charge in [-0.05, 0) is 50.1 Å². The molecule has 2 rings (SSSR count). The van der Waals surface area contributed by atoms with E-state index in [4.69, 9.17) is 4.74 Å². The minimum absolute atomic E-state index is 0.00116. The molecule has 24 heavy (non-hydrogen) atoms. The van der Waals surface area contributed by atoms with Gasteiger partial charge in [0.2, 0.25) is 5.91 Å². The van der Waals surface area contributed by atoms with Crippen molar-refractivity contribution in [1.82, 2.24) is 5.32 Å². The second-order valence-corrected chi connectivity index (χ2v) is 5.73. The van der Waals surface area contributed by atoms with E-state index in [1.165, 1.54) is 6.92 Å². The Morgan fingerprint density at radius 3 is 2.33 bits per heavy atom. The molecule has 4 nitrogen and oxygen atoms in total. The number of ether oxygens (including phenoxy) is 1. The highest BCUT2D eigenvalue weighted by Crippen LogP contribution is 2.14. The fraction of sp³-hybridized carbons (Fsp3) is 0.300. The molecule has 0 saturated carbocycles. The third-order valence-electron chi connectivity index (χ3n) is 3.75. The Labute approximate surface area is 142 Å². The van der Waals surface area contributed by atoms with E-state index >= 15 is 0 Å². The Balaban J connectivity index is 1.68. The second-order valence-electron chi connectivity index (χ2n) is 5.73. The molecule has 0 bridgehead atoms. The molecule has 4 heteroatoms. The number of amides is 1. The summed E-state index contributed by atoms with van der Waals surface area (Å²) >= 11 is 0. The molecule has 0 saturated heterocycles. The minimum Gasteiger partial charge on any atom is -0.494 e. The monoisotopic (exact) mass is 325 g/mol. The van der Waals surface area contributed by atoms with Crippen molar-refractivity contribution in [2.24, 2.45) is 0 Å². The van der Waals surface area contributed by atoms with Gasteiger partial charge in [0.1, 0.15) is 5.75 Å². The summed E-state index contributed by atoms with van der Waals surface area (Å²) in [5.41, 5.74) is 1.75. The average molecular weight is 325 g/mol. The van der Waals surface area contributed by atoms with E-state index in [0.717, 1.165) is 5.56 Å². The van der Waals surface area contributed by atoms with Crippen molar-refractivity contribution in [3.63, 3.8) is 0 Å². The number of rotatable bonds is 8. The predicted molar refractivity (Wildman–Crippen MR) is 94.2 cm³/mol. The quantitative estimate of drug-likeness (QED) is 0.591. The van der Waals surface area contributed by atoms with Crippen LogP contribution in [0.25, 0.3) is 0 Å². The van der Waals surface area contributed by atoms with E-state index in [1.54, 1.807) is 24.3 Å². The van der Waals surface area contributed by atoms with Gasteiger partial charge < -0.3 is 10.1 Å². The largest absolute Gasteiger partial charge is 0.494 e.